The summed E-state index contributed by atoms with van der Waals surface area (Å²) < 4.78 is 0. The van der Waals surface area contributed by atoms with Gasteiger partial charge < -0.3 is 20.9 Å². The van der Waals surface area contributed by atoms with Gasteiger partial charge in [-0.2, -0.15) is 4.98 Å². The van der Waals surface area contributed by atoms with Crippen LogP contribution >= 0.6 is 12.2 Å². The van der Waals surface area contributed by atoms with Gasteiger partial charge in [-0.15, -0.1) is 0 Å². The fourth-order valence-electron chi connectivity index (χ4n) is 4.09. The van der Waals surface area contributed by atoms with E-state index >= 15 is 0 Å². The Labute approximate surface area is 189 Å². The van der Waals surface area contributed by atoms with E-state index in [1.807, 2.05) is 25.1 Å². The molecule has 0 unspecified atom stereocenters. The number of hydrogen-bond donors (Lipinski definition) is 3. The molecule has 0 atom stereocenters. The summed E-state index contributed by atoms with van der Waals surface area (Å²) in [4.78, 5) is 10.9. The number of rotatable bonds is 6. The Bertz CT molecular complexity index is 1020. The fourth-order valence-corrected chi connectivity index (χ4v) is 4.33. The van der Waals surface area contributed by atoms with Gasteiger partial charge in [-0.3, -0.25) is 0 Å². The third kappa shape index (κ3) is 5.61. The Kier molecular flexibility index (Phi) is 6.82. The topological polar surface area (TPSA) is 65.1 Å². The molecule has 1 fully saturated rings. The Morgan fingerprint density at radius 3 is 2.55 bits per heavy atom. The van der Waals surface area contributed by atoms with E-state index in [1.54, 1.807) is 6.20 Å². The Morgan fingerprint density at radius 1 is 1.00 bits per heavy atom. The molecule has 1 saturated carbocycles. The number of aromatic nitrogens is 2. The van der Waals surface area contributed by atoms with E-state index in [2.05, 4.69) is 68.4 Å². The van der Waals surface area contributed by atoms with Crippen molar-refractivity contribution in [2.24, 2.45) is 0 Å². The van der Waals surface area contributed by atoms with Crippen LogP contribution < -0.4 is 20.9 Å². The average molecular weight is 435 g/mol. The van der Waals surface area contributed by atoms with E-state index in [1.165, 1.54) is 16.3 Å². The van der Waals surface area contributed by atoms with Crippen molar-refractivity contribution in [1.29, 1.82) is 0 Å². The summed E-state index contributed by atoms with van der Waals surface area (Å²) in [5.41, 5.74) is 1.26. The molecule has 3 aromatic rings. The van der Waals surface area contributed by atoms with Gasteiger partial charge >= 0.3 is 0 Å². The van der Waals surface area contributed by atoms with E-state index < -0.39 is 0 Å². The molecule has 31 heavy (non-hydrogen) atoms. The summed E-state index contributed by atoms with van der Waals surface area (Å²) in [6.45, 7) is 0.726. The quantitative estimate of drug-likeness (QED) is 0.505. The first-order valence-corrected chi connectivity index (χ1v) is 11.3. The summed E-state index contributed by atoms with van der Waals surface area (Å²) in [6, 6.07) is 17.6. The van der Waals surface area contributed by atoms with Crippen LogP contribution in [-0.4, -0.2) is 41.3 Å². The third-order valence-electron chi connectivity index (χ3n) is 5.81. The second kappa shape index (κ2) is 9.92. The zero-order valence-electron chi connectivity index (χ0n) is 18.1. The molecule has 0 saturated heterocycles. The Hall–Kier alpha value is -2.93. The molecule has 0 bridgehead atoms. The lowest BCUT2D eigenvalue weighted by Crippen LogP contribution is -2.44. The van der Waals surface area contributed by atoms with E-state index in [0.29, 0.717) is 18.0 Å². The van der Waals surface area contributed by atoms with Crippen molar-refractivity contribution in [2.45, 2.75) is 44.3 Å². The zero-order chi connectivity index (χ0) is 21.6. The van der Waals surface area contributed by atoms with E-state index in [9.17, 15) is 0 Å². The van der Waals surface area contributed by atoms with Gasteiger partial charge in [0.15, 0.2) is 5.11 Å². The summed E-state index contributed by atoms with van der Waals surface area (Å²) >= 11 is 5.57. The number of nitrogens with zero attached hydrogens (tertiary/aromatic N) is 3. The molecule has 0 spiro atoms. The first-order valence-electron chi connectivity index (χ1n) is 10.9. The number of thiocarbonyl (C=S) groups is 1. The maximum Gasteiger partial charge on any atom is 0.224 e. The van der Waals surface area contributed by atoms with Crippen LogP contribution in [0.5, 0.6) is 0 Å². The second-order valence-electron chi connectivity index (χ2n) is 8.29. The summed E-state index contributed by atoms with van der Waals surface area (Å²) in [5, 5.41) is 13.6. The average Bonchev–Trinajstić information content (AvgIpc) is 2.79. The van der Waals surface area contributed by atoms with Crippen molar-refractivity contribution < 1.29 is 0 Å². The lowest BCUT2D eigenvalue weighted by molar-refractivity contribution is 0.385. The third-order valence-corrected chi connectivity index (χ3v) is 6.08. The predicted molar refractivity (Wildman–Crippen MR) is 133 cm³/mol. The van der Waals surface area contributed by atoms with Crippen LogP contribution in [0.4, 0.5) is 11.8 Å². The lowest BCUT2D eigenvalue weighted by atomic mass is 9.91. The Balaban J connectivity index is 1.23. The van der Waals surface area contributed by atoms with Crippen LogP contribution in [0, 0.1) is 0 Å². The van der Waals surface area contributed by atoms with E-state index in [0.717, 1.165) is 43.2 Å². The number of fused-ring (bicyclic) bond motifs is 1. The molecule has 1 heterocycles. The number of benzene rings is 2. The SMILES string of the molecule is CN(C)c1ccnc(N[C@H]2CC[C@@H](NC(=S)NCc3cccc4ccccc34)CC2)n1. The second-order valence-corrected chi connectivity index (χ2v) is 8.70. The van der Waals surface area contributed by atoms with E-state index in [-0.39, 0.29) is 0 Å². The molecule has 162 valence electrons. The van der Waals surface area contributed by atoms with Crippen LogP contribution in [0.2, 0.25) is 0 Å². The van der Waals surface area contributed by atoms with Crippen LogP contribution in [0.25, 0.3) is 10.8 Å². The molecule has 1 aliphatic carbocycles. The highest BCUT2D eigenvalue weighted by molar-refractivity contribution is 7.80. The van der Waals surface area contributed by atoms with Gasteiger partial charge in [0.25, 0.3) is 0 Å². The fraction of sp³-hybridized carbons (Fsp3) is 0.375. The highest BCUT2D eigenvalue weighted by Gasteiger charge is 2.22. The van der Waals surface area contributed by atoms with Crippen molar-refractivity contribution in [2.75, 3.05) is 24.3 Å². The standard InChI is InChI=1S/C24H30N6S/c1-30(2)22-14-15-25-23(29-22)27-19-10-12-20(13-11-19)28-24(31)26-16-18-8-5-7-17-6-3-4-9-21(17)18/h3-9,14-15,19-20H,10-13,16H2,1-2H3,(H,25,27,29)(H2,26,28,31)/t19-,20+. The number of nitrogens with one attached hydrogen (secondary N) is 3. The maximum atomic E-state index is 5.57. The zero-order valence-corrected chi connectivity index (χ0v) is 19.0. The van der Waals surface area contributed by atoms with Crippen LogP contribution in [0.3, 0.4) is 0 Å². The van der Waals surface area contributed by atoms with Crippen molar-refractivity contribution in [3.05, 3.63) is 60.3 Å². The van der Waals surface area contributed by atoms with Crippen molar-refractivity contribution in [3.63, 3.8) is 0 Å². The monoisotopic (exact) mass is 434 g/mol. The van der Waals surface area contributed by atoms with E-state index in [4.69, 9.17) is 12.2 Å². The normalized spacial score (nSPS) is 18.4. The smallest absolute Gasteiger partial charge is 0.224 e. The van der Waals surface area contributed by atoms with Gasteiger partial charge in [-0.05, 0) is 60.3 Å². The molecule has 6 nitrogen and oxygen atoms in total. The summed E-state index contributed by atoms with van der Waals surface area (Å²) in [5.74, 6) is 1.62. The number of hydrogen-bond acceptors (Lipinski definition) is 5. The molecule has 1 aromatic heterocycles. The molecule has 2 aromatic carbocycles. The molecular weight excluding hydrogens is 404 g/mol. The van der Waals surface area contributed by atoms with Gasteiger partial charge in [-0.25, -0.2) is 4.98 Å². The molecule has 3 N–H and O–H groups in total. The van der Waals surface area contributed by atoms with Gasteiger partial charge in [0.1, 0.15) is 5.82 Å². The minimum atomic E-state index is 0.396. The molecule has 7 heteroatoms. The van der Waals surface area contributed by atoms with Crippen LogP contribution in [-0.2, 0) is 6.54 Å². The Morgan fingerprint density at radius 2 is 1.74 bits per heavy atom. The minimum Gasteiger partial charge on any atom is -0.363 e. The summed E-state index contributed by atoms with van der Waals surface area (Å²) in [6.07, 6.45) is 6.08. The molecule has 1 aliphatic rings. The highest BCUT2D eigenvalue weighted by atomic mass is 32.1. The number of anilines is 2. The van der Waals surface area contributed by atoms with Gasteiger partial charge in [0.05, 0.1) is 0 Å². The molecule has 0 radical (unpaired) electrons. The van der Waals surface area contributed by atoms with Gasteiger partial charge in [0, 0.05) is 38.9 Å². The van der Waals surface area contributed by atoms with Gasteiger partial charge in [0.2, 0.25) is 5.95 Å². The first kappa shape index (κ1) is 21.3. The lowest BCUT2D eigenvalue weighted by Gasteiger charge is -2.30. The largest absolute Gasteiger partial charge is 0.363 e. The molecule has 0 amide bonds. The molecule has 0 aliphatic heterocycles. The maximum absolute atomic E-state index is 5.57. The van der Waals surface area contributed by atoms with Crippen LogP contribution in [0.15, 0.2) is 54.7 Å². The summed E-state index contributed by atoms with van der Waals surface area (Å²) in [7, 11) is 3.97. The van der Waals surface area contributed by atoms with Crippen LogP contribution in [0.1, 0.15) is 31.2 Å². The van der Waals surface area contributed by atoms with Gasteiger partial charge in [-0.1, -0.05) is 42.5 Å². The predicted octanol–water partition coefficient (Wildman–Crippen LogP) is 4.08. The molecular formula is C24H30N6S. The first-order chi connectivity index (χ1) is 15.1. The minimum absolute atomic E-state index is 0.396. The van der Waals surface area contributed by atoms with Crippen molar-refractivity contribution in [3.8, 4) is 0 Å². The van der Waals surface area contributed by atoms with Crippen molar-refractivity contribution >= 4 is 39.9 Å². The van der Waals surface area contributed by atoms with Crippen molar-refractivity contribution in [1.82, 2.24) is 20.6 Å². The highest BCUT2D eigenvalue weighted by Crippen LogP contribution is 2.22. The molecule has 4 rings (SSSR count).